The summed E-state index contributed by atoms with van der Waals surface area (Å²) in [6, 6.07) is 12.3. The monoisotopic (exact) mass is 397 g/mol. The normalized spacial score (nSPS) is 36.4. The van der Waals surface area contributed by atoms with E-state index in [1.807, 2.05) is 13.0 Å². The fourth-order valence-corrected chi connectivity index (χ4v) is 5.31. The first kappa shape index (κ1) is 18.5. The van der Waals surface area contributed by atoms with E-state index >= 15 is 0 Å². The first-order chi connectivity index (χ1) is 13.9. The van der Waals surface area contributed by atoms with Crippen LogP contribution in [0.25, 0.3) is 0 Å². The molecule has 6 atom stereocenters. The van der Waals surface area contributed by atoms with Gasteiger partial charge in [0.1, 0.15) is 24.2 Å². The van der Waals surface area contributed by atoms with Crippen molar-refractivity contribution < 1.29 is 29.0 Å². The van der Waals surface area contributed by atoms with Gasteiger partial charge in [0, 0.05) is 11.8 Å². The molecule has 0 radical (unpaired) electrons. The van der Waals surface area contributed by atoms with Crippen LogP contribution in [0.1, 0.15) is 37.4 Å². The maximum absolute atomic E-state index is 13.3. The average molecular weight is 397 g/mol. The van der Waals surface area contributed by atoms with Gasteiger partial charge < -0.3 is 19.4 Å². The minimum atomic E-state index is -1.50. The summed E-state index contributed by atoms with van der Waals surface area (Å²) < 4.78 is 11.6. The van der Waals surface area contributed by atoms with Crippen molar-refractivity contribution in [2.24, 2.45) is 23.7 Å². The molecule has 7 heteroatoms. The third-order valence-corrected chi connectivity index (χ3v) is 6.72. The number of aliphatic hydroxyl groups excluding tert-OH is 1. The third-order valence-electron chi connectivity index (χ3n) is 6.72. The Bertz CT molecular complexity index is 955. The van der Waals surface area contributed by atoms with E-state index in [4.69, 9.17) is 9.15 Å². The fraction of sp³-hybridized carbons (Fsp3) is 0.455. The summed E-state index contributed by atoms with van der Waals surface area (Å²) >= 11 is 0. The molecule has 152 valence electrons. The van der Waals surface area contributed by atoms with E-state index in [-0.39, 0.29) is 24.3 Å². The Morgan fingerprint density at radius 1 is 1.10 bits per heavy atom. The van der Waals surface area contributed by atoms with Crippen molar-refractivity contribution in [1.29, 1.82) is 0 Å². The number of hydrogen-bond acceptors (Lipinski definition) is 6. The molecule has 2 saturated heterocycles. The zero-order chi connectivity index (χ0) is 20.3. The quantitative estimate of drug-likeness (QED) is 0.772. The van der Waals surface area contributed by atoms with Crippen molar-refractivity contribution in [3.8, 4) is 0 Å². The maximum Gasteiger partial charge on any atom is 0.238 e. The molecule has 1 saturated carbocycles. The van der Waals surface area contributed by atoms with Crippen molar-refractivity contribution in [3.05, 3.63) is 54.0 Å². The number of para-hydroxylation sites is 1. The smallest absolute Gasteiger partial charge is 0.238 e. The van der Waals surface area contributed by atoms with Gasteiger partial charge in [-0.2, -0.15) is 0 Å². The third kappa shape index (κ3) is 2.61. The fourth-order valence-electron chi connectivity index (χ4n) is 5.31. The molecule has 0 unspecified atom stereocenters. The molecule has 3 fully saturated rings. The zero-order valence-electron chi connectivity index (χ0n) is 16.0. The summed E-state index contributed by atoms with van der Waals surface area (Å²) in [4.78, 5) is 27.7. The van der Waals surface area contributed by atoms with Crippen LogP contribution in [-0.4, -0.2) is 27.8 Å². The number of imide groups is 1. The van der Waals surface area contributed by atoms with E-state index in [9.17, 15) is 19.8 Å². The van der Waals surface area contributed by atoms with Crippen LogP contribution in [0.15, 0.2) is 46.9 Å². The highest BCUT2D eigenvalue weighted by molar-refractivity contribution is 6.22. The molecular formula is C22H23NO6. The minimum absolute atomic E-state index is 0.205. The molecule has 2 N–H and O–H groups in total. The number of furan rings is 1. The van der Waals surface area contributed by atoms with Crippen LogP contribution in [0.5, 0.6) is 0 Å². The topological polar surface area (TPSA) is 100 Å². The molecule has 7 nitrogen and oxygen atoms in total. The summed E-state index contributed by atoms with van der Waals surface area (Å²) in [6.45, 7) is 1.64. The summed E-state index contributed by atoms with van der Waals surface area (Å²) in [5.74, 6) is -2.95. The van der Waals surface area contributed by atoms with Gasteiger partial charge in [-0.1, -0.05) is 25.1 Å². The number of fused-ring (bicyclic) bond motifs is 3. The molecule has 2 amide bonds. The van der Waals surface area contributed by atoms with Gasteiger partial charge in [0.2, 0.25) is 11.8 Å². The number of amides is 2. The minimum Gasteiger partial charge on any atom is -0.461 e. The van der Waals surface area contributed by atoms with Gasteiger partial charge in [0.05, 0.1) is 17.5 Å². The summed E-state index contributed by atoms with van der Waals surface area (Å²) in [6.07, 6.45) is 0.237. The van der Waals surface area contributed by atoms with Crippen molar-refractivity contribution >= 4 is 17.5 Å². The Morgan fingerprint density at radius 2 is 1.86 bits per heavy atom. The van der Waals surface area contributed by atoms with Gasteiger partial charge in [-0.3, -0.25) is 14.5 Å². The van der Waals surface area contributed by atoms with E-state index in [0.717, 1.165) is 0 Å². The van der Waals surface area contributed by atoms with Crippen molar-refractivity contribution in [2.75, 3.05) is 4.90 Å². The van der Waals surface area contributed by atoms with Crippen LogP contribution in [-0.2, 0) is 20.9 Å². The van der Waals surface area contributed by atoms with Crippen LogP contribution in [0, 0.1) is 23.7 Å². The van der Waals surface area contributed by atoms with E-state index in [1.54, 1.807) is 36.4 Å². The summed E-state index contributed by atoms with van der Waals surface area (Å²) in [7, 11) is 0. The highest BCUT2D eigenvalue weighted by atomic mass is 16.6. The lowest BCUT2D eigenvalue weighted by molar-refractivity contribution is -0.266. The predicted molar refractivity (Wildman–Crippen MR) is 101 cm³/mol. The van der Waals surface area contributed by atoms with Gasteiger partial charge in [-0.25, -0.2) is 0 Å². The lowest BCUT2D eigenvalue weighted by atomic mass is 9.65. The van der Waals surface area contributed by atoms with Crippen molar-refractivity contribution in [3.63, 3.8) is 0 Å². The number of hydrogen-bond donors (Lipinski definition) is 2. The maximum atomic E-state index is 13.3. The van der Waals surface area contributed by atoms with Gasteiger partial charge in [0.15, 0.2) is 5.79 Å². The predicted octanol–water partition coefficient (Wildman–Crippen LogP) is 2.38. The molecule has 1 aromatic heterocycles. The second-order valence-electron chi connectivity index (χ2n) is 8.28. The number of aliphatic hydroxyl groups is 2. The molecule has 0 spiro atoms. The second kappa shape index (κ2) is 6.52. The largest absolute Gasteiger partial charge is 0.461 e. The lowest BCUT2D eigenvalue weighted by Gasteiger charge is -2.43. The van der Waals surface area contributed by atoms with Crippen molar-refractivity contribution in [1.82, 2.24) is 0 Å². The van der Waals surface area contributed by atoms with E-state index in [1.165, 1.54) is 4.90 Å². The Hall–Kier alpha value is -2.48. The number of carbonyl (C=O) groups excluding carboxylic acids is 2. The second-order valence-corrected chi connectivity index (χ2v) is 8.28. The molecule has 3 aliphatic rings. The van der Waals surface area contributed by atoms with Gasteiger partial charge in [0.25, 0.3) is 0 Å². The number of ether oxygens (including phenoxy) is 1. The van der Waals surface area contributed by atoms with Crippen LogP contribution >= 0.6 is 0 Å². The number of benzene rings is 1. The molecule has 2 aliphatic heterocycles. The molecule has 29 heavy (non-hydrogen) atoms. The molecule has 5 rings (SSSR count). The van der Waals surface area contributed by atoms with E-state index in [2.05, 4.69) is 0 Å². The molecule has 1 aromatic carbocycles. The highest BCUT2D eigenvalue weighted by Gasteiger charge is 2.66. The van der Waals surface area contributed by atoms with Gasteiger partial charge >= 0.3 is 0 Å². The Labute approximate surface area is 167 Å². The first-order valence-electron chi connectivity index (χ1n) is 9.96. The Kier molecular flexibility index (Phi) is 4.17. The lowest BCUT2D eigenvalue weighted by Crippen LogP contribution is -2.52. The first-order valence-corrected chi connectivity index (χ1v) is 9.96. The average Bonchev–Trinajstić information content (AvgIpc) is 3.39. The number of anilines is 1. The zero-order valence-corrected chi connectivity index (χ0v) is 16.0. The van der Waals surface area contributed by atoms with Crippen LogP contribution in [0.3, 0.4) is 0 Å². The molecular weight excluding hydrogens is 374 g/mol. The van der Waals surface area contributed by atoms with E-state index < -0.39 is 29.6 Å². The number of carbonyl (C=O) groups is 2. The molecule has 1 aliphatic carbocycles. The number of nitrogens with zero attached hydrogens (tertiary/aromatic N) is 1. The molecule has 2 aromatic rings. The SMILES string of the molecule is C[C@H]1C[C@@H]2C(=O)N(c3ccccc3)C(=O)[C@@H]2[C@@H]2C[C@@H](c3ccc(CO)o3)O[C@]12O. The summed E-state index contributed by atoms with van der Waals surface area (Å²) in [5.41, 5.74) is 0.558. The van der Waals surface area contributed by atoms with Crippen molar-refractivity contribution in [2.45, 2.75) is 38.3 Å². The number of rotatable bonds is 3. The van der Waals surface area contributed by atoms with Crippen LogP contribution in [0.4, 0.5) is 5.69 Å². The standard InChI is InChI=1S/C22H23NO6/c1-12-9-15-19(21(26)23(20(15)25)13-5-3-2-4-6-13)16-10-18(29-22(12,16)27)17-8-7-14(11-24)28-17/h2-8,12,15-16,18-19,24,27H,9-11H2,1H3/t12-,15-,16-,18-,19-,22+/m0/s1. The Balaban J connectivity index is 1.49. The van der Waals surface area contributed by atoms with Crippen LogP contribution in [0.2, 0.25) is 0 Å². The van der Waals surface area contributed by atoms with Crippen LogP contribution < -0.4 is 4.90 Å². The van der Waals surface area contributed by atoms with Gasteiger partial charge in [-0.05, 0) is 37.1 Å². The van der Waals surface area contributed by atoms with E-state index in [0.29, 0.717) is 30.0 Å². The molecule has 3 heterocycles. The Morgan fingerprint density at radius 3 is 2.55 bits per heavy atom. The van der Waals surface area contributed by atoms with Gasteiger partial charge in [-0.15, -0.1) is 0 Å². The molecule has 0 bridgehead atoms. The summed E-state index contributed by atoms with van der Waals surface area (Å²) in [5, 5.41) is 20.6. The highest BCUT2D eigenvalue weighted by Crippen LogP contribution is 2.58.